The van der Waals surface area contributed by atoms with Gasteiger partial charge in [0, 0.05) is 58.5 Å². The van der Waals surface area contributed by atoms with Crippen LogP contribution in [0, 0.1) is 11.8 Å². The molecule has 7 heteroatoms. The van der Waals surface area contributed by atoms with Gasteiger partial charge in [-0.15, -0.1) is 0 Å². The maximum Gasteiger partial charge on any atom is 0.134 e. The minimum absolute atomic E-state index is 0.267. The Labute approximate surface area is 175 Å². The lowest BCUT2D eigenvalue weighted by Crippen LogP contribution is -2.48. The quantitative estimate of drug-likeness (QED) is 0.807. The average molecular weight is 404 g/mol. The van der Waals surface area contributed by atoms with Crippen LogP contribution in [-0.2, 0) is 4.74 Å². The number of piperidine rings is 2. The Bertz CT molecular complexity index is 642. The van der Waals surface area contributed by atoms with Crippen molar-refractivity contribution in [2.45, 2.75) is 51.7 Å². The monoisotopic (exact) mass is 403 g/mol. The SMILES string of the molecule is CC1CN(CC2CCN(c3cc(N4CCCC(CO)C4)ncn3)CC2)CC(C)O1. The van der Waals surface area contributed by atoms with Crippen LogP contribution in [0.1, 0.15) is 39.5 Å². The highest BCUT2D eigenvalue weighted by Gasteiger charge is 2.27. The molecule has 0 bridgehead atoms. The minimum Gasteiger partial charge on any atom is -0.396 e. The zero-order valence-electron chi connectivity index (χ0n) is 18.0. The first kappa shape index (κ1) is 20.8. The Kier molecular flexibility index (Phi) is 6.88. The van der Waals surface area contributed by atoms with E-state index in [0.717, 1.165) is 69.7 Å². The first-order valence-corrected chi connectivity index (χ1v) is 11.4. The van der Waals surface area contributed by atoms with Crippen LogP contribution in [0.15, 0.2) is 12.4 Å². The van der Waals surface area contributed by atoms with Crippen molar-refractivity contribution in [2.24, 2.45) is 11.8 Å². The summed E-state index contributed by atoms with van der Waals surface area (Å²) >= 11 is 0. The van der Waals surface area contributed by atoms with Crippen molar-refractivity contribution in [3.63, 3.8) is 0 Å². The Hall–Kier alpha value is -1.44. The topological polar surface area (TPSA) is 65.0 Å². The number of aromatic nitrogens is 2. The van der Waals surface area contributed by atoms with Crippen molar-refractivity contribution in [3.8, 4) is 0 Å². The molecule has 0 aliphatic carbocycles. The van der Waals surface area contributed by atoms with Gasteiger partial charge in [0.1, 0.15) is 18.0 Å². The standard InChI is InChI=1S/C22H37N5O2/c1-17-11-25(12-18(2)29-17)13-19-5-8-26(9-6-19)21-10-22(24-16-23-21)27-7-3-4-20(14-27)15-28/h10,16-20,28H,3-9,11-15H2,1-2H3. The summed E-state index contributed by atoms with van der Waals surface area (Å²) in [5, 5.41) is 9.51. The summed E-state index contributed by atoms with van der Waals surface area (Å²) in [6.45, 7) is 12.0. The minimum atomic E-state index is 0.267. The predicted molar refractivity (Wildman–Crippen MR) is 115 cm³/mol. The highest BCUT2D eigenvalue weighted by Crippen LogP contribution is 2.27. The van der Waals surface area contributed by atoms with Gasteiger partial charge < -0.3 is 19.6 Å². The van der Waals surface area contributed by atoms with Crippen LogP contribution >= 0.6 is 0 Å². The van der Waals surface area contributed by atoms with E-state index < -0.39 is 0 Å². The van der Waals surface area contributed by atoms with E-state index in [2.05, 4.69) is 44.6 Å². The molecule has 0 aromatic carbocycles. The van der Waals surface area contributed by atoms with Crippen LogP contribution in [0.2, 0.25) is 0 Å². The van der Waals surface area contributed by atoms with Crippen molar-refractivity contribution < 1.29 is 9.84 Å². The van der Waals surface area contributed by atoms with Crippen molar-refractivity contribution in [2.75, 3.05) is 62.2 Å². The number of anilines is 2. The Morgan fingerprint density at radius 1 is 0.931 bits per heavy atom. The molecule has 3 aliphatic heterocycles. The molecule has 4 rings (SSSR count). The summed E-state index contributed by atoms with van der Waals surface area (Å²) in [7, 11) is 0. The lowest BCUT2D eigenvalue weighted by molar-refractivity contribution is -0.0720. The van der Waals surface area contributed by atoms with E-state index in [0.29, 0.717) is 18.1 Å². The first-order valence-electron chi connectivity index (χ1n) is 11.4. The molecule has 0 spiro atoms. The van der Waals surface area contributed by atoms with Gasteiger partial charge in [0.25, 0.3) is 0 Å². The highest BCUT2D eigenvalue weighted by molar-refractivity contribution is 5.50. The van der Waals surface area contributed by atoms with Gasteiger partial charge in [-0.05, 0) is 51.4 Å². The van der Waals surface area contributed by atoms with Crippen LogP contribution in [0.4, 0.5) is 11.6 Å². The summed E-state index contributed by atoms with van der Waals surface area (Å²) in [5.74, 6) is 3.18. The molecule has 29 heavy (non-hydrogen) atoms. The van der Waals surface area contributed by atoms with Crippen molar-refractivity contribution in [1.29, 1.82) is 0 Å². The molecule has 162 valence electrons. The van der Waals surface area contributed by atoms with Gasteiger partial charge in [-0.25, -0.2) is 9.97 Å². The molecule has 3 aliphatic rings. The molecule has 0 saturated carbocycles. The molecule has 3 atom stereocenters. The van der Waals surface area contributed by atoms with Crippen LogP contribution in [0.25, 0.3) is 0 Å². The van der Waals surface area contributed by atoms with Crippen LogP contribution < -0.4 is 9.80 Å². The third kappa shape index (κ3) is 5.38. The number of nitrogens with zero attached hydrogens (tertiary/aromatic N) is 5. The molecule has 1 aromatic rings. The molecular formula is C22H37N5O2. The maximum absolute atomic E-state index is 9.51. The van der Waals surface area contributed by atoms with Crippen molar-refractivity contribution in [1.82, 2.24) is 14.9 Å². The molecule has 1 N–H and O–H groups in total. The fraction of sp³-hybridized carbons (Fsp3) is 0.818. The lowest BCUT2D eigenvalue weighted by Gasteiger charge is -2.40. The molecule has 1 aromatic heterocycles. The molecular weight excluding hydrogens is 366 g/mol. The van der Waals surface area contributed by atoms with E-state index in [-0.39, 0.29) is 6.61 Å². The number of aliphatic hydroxyl groups excluding tert-OH is 1. The van der Waals surface area contributed by atoms with E-state index in [9.17, 15) is 5.11 Å². The van der Waals surface area contributed by atoms with E-state index in [1.165, 1.54) is 19.4 Å². The van der Waals surface area contributed by atoms with Crippen molar-refractivity contribution >= 4 is 11.6 Å². The number of rotatable bonds is 5. The van der Waals surface area contributed by atoms with E-state index >= 15 is 0 Å². The van der Waals surface area contributed by atoms with E-state index in [1.54, 1.807) is 6.33 Å². The van der Waals surface area contributed by atoms with Crippen LogP contribution in [0.5, 0.6) is 0 Å². The van der Waals surface area contributed by atoms with Crippen LogP contribution in [-0.4, -0.2) is 84.6 Å². The summed E-state index contributed by atoms with van der Waals surface area (Å²) in [5.41, 5.74) is 0. The predicted octanol–water partition coefficient (Wildman–Crippen LogP) is 2.01. The second kappa shape index (κ2) is 9.58. The number of morpholine rings is 1. The summed E-state index contributed by atoms with van der Waals surface area (Å²) in [6.07, 6.45) is 7.06. The van der Waals surface area contributed by atoms with E-state index in [1.807, 2.05) is 0 Å². The zero-order chi connectivity index (χ0) is 20.2. The maximum atomic E-state index is 9.51. The Balaban J connectivity index is 1.31. The molecule has 3 fully saturated rings. The number of aliphatic hydroxyl groups is 1. The fourth-order valence-electron chi connectivity index (χ4n) is 5.25. The molecule has 0 amide bonds. The molecule has 4 heterocycles. The number of hydrogen-bond acceptors (Lipinski definition) is 7. The number of ether oxygens (including phenoxy) is 1. The van der Waals surface area contributed by atoms with Gasteiger partial charge in [-0.3, -0.25) is 4.90 Å². The van der Waals surface area contributed by atoms with Gasteiger partial charge in [-0.1, -0.05) is 0 Å². The summed E-state index contributed by atoms with van der Waals surface area (Å²) in [4.78, 5) is 16.4. The largest absolute Gasteiger partial charge is 0.396 e. The summed E-state index contributed by atoms with van der Waals surface area (Å²) in [6, 6.07) is 2.14. The Morgan fingerprint density at radius 2 is 1.62 bits per heavy atom. The smallest absolute Gasteiger partial charge is 0.134 e. The number of hydrogen-bond donors (Lipinski definition) is 1. The normalized spacial score (nSPS) is 30.0. The van der Waals surface area contributed by atoms with Gasteiger partial charge in [0.2, 0.25) is 0 Å². The molecule has 3 saturated heterocycles. The highest BCUT2D eigenvalue weighted by atomic mass is 16.5. The second-order valence-electron chi connectivity index (χ2n) is 9.28. The summed E-state index contributed by atoms with van der Waals surface area (Å²) < 4.78 is 5.87. The zero-order valence-corrected chi connectivity index (χ0v) is 18.0. The third-order valence-electron chi connectivity index (χ3n) is 6.69. The van der Waals surface area contributed by atoms with Crippen LogP contribution in [0.3, 0.4) is 0 Å². The average Bonchev–Trinajstić information content (AvgIpc) is 2.74. The van der Waals surface area contributed by atoms with Gasteiger partial charge in [-0.2, -0.15) is 0 Å². The third-order valence-corrected chi connectivity index (χ3v) is 6.69. The second-order valence-corrected chi connectivity index (χ2v) is 9.28. The Morgan fingerprint density at radius 3 is 2.31 bits per heavy atom. The van der Waals surface area contributed by atoms with E-state index in [4.69, 9.17) is 4.74 Å². The van der Waals surface area contributed by atoms with Gasteiger partial charge in [0.05, 0.1) is 12.2 Å². The molecule has 7 nitrogen and oxygen atoms in total. The van der Waals surface area contributed by atoms with Gasteiger partial charge >= 0.3 is 0 Å². The van der Waals surface area contributed by atoms with Crippen molar-refractivity contribution in [3.05, 3.63) is 12.4 Å². The lowest BCUT2D eigenvalue weighted by atomic mass is 9.95. The van der Waals surface area contributed by atoms with Gasteiger partial charge in [0.15, 0.2) is 0 Å². The fourth-order valence-corrected chi connectivity index (χ4v) is 5.25. The molecule has 3 unspecified atom stereocenters. The first-order chi connectivity index (χ1) is 14.1. The molecule has 0 radical (unpaired) electrons.